The quantitative estimate of drug-likeness (QED) is 0.600. The molecule has 29 heavy (non-hydrogen) atoms. The van der Waals surface area contributed by atoms with Gasteiger partial charge in [-0.25, -0.2) is 9.69 Å². The molecule has 1 atom stereocenters. The average molecular weight is 394 g/mol. The third-order valence-electron chi connectivity index (χ3n) is 4.74. The highest BCUT2D eigenvalue weighted by molar-refractivity contribution is 6.21. The molecule has 1 aliphatic heterocycles. The van der Waals surface area contributed by atoms with E-state index in [1.54, 1.807) is 62.4 Å². The van der Waals surface area contributed by atoms with Crippen molar-refractivity contribution in [1.29, 1.82) is 0 Å². The van der Waals surface area contributed by atoms with E-state index in [0.717, 1.165) is 10.5 Å². The van der Waals surface area contributed by atoms with Gasteiger partial charge in [-0.1, -0.05) is 43.7 Å². The Kier molecular flexibility index (Phi) is 5.77. The zero-order valence-electron chi connectivity index (χ0n) is 16.5. The van der Waals surface area contributed by atoms with Crippen LogP contribution in [-0.4, -0.2) is 41.4 Å². The van der Waals surface area contributed by atoms with Gasteiger partial charge in [0, 0.05) is 5.56 Å². The first kappa shape index (κ1) is 20.3. The maximum Gasteiger partial charge on any atom is 0.330 e. The first-order valence-corrected chi connectivity index (χ1v) is 9.29. The molecule has 0 saturated heterocycles. The van der Waals surface area contributed by atoms with Crippen molar-refractivity contribution >= 4 is 23.7 Å². The molecule has 1 aliphatic rings. The summed E-state index contributed by atoms with van der Waals surface area (Å²) in [7, 11) is 0. The van der Waals surface area contributed by atoms with Gasteiger partial charge in [0.25, 0.3) is 17.7 Å². The Bertz CT molecular complexity index is 930. The number of imide groups is 1. The largest absolute Gasteiger partial charge is 0.442 e. The fraction of sp³-hybridized carbons (Fsp3) is 0.273. The molecule has 1 N–H and O–H groups in total. The van der Waals surface area contributed by atoms with Crippen LogP contribution in [0.25, 0.3) is 0 Å². The molecule has 7 heteroatoms. The van der Waals surface area contributed by atoms with Gasteiger partial charge in [-0.3, -0.25) is 14.4 Å². The van der Waals surface area contributed by atoms with Crippen LogP contribution in [-0.2, 0) is 9.53 Å². The Morgan fingerprint density at radius 2 is 1.52 bits per heavy atom. The number of rotatable bonds is 6. The number of nitrogens with one attached hydrogen (secondary N) is 1. The van der Waals surface area contributed by atoms with Gasteiger partial charge in [-0.2, -0.15) is 0 Å². The number of nitrogens with zero attached hydrogens (tertiary/aromatic N) is 1. The molecule has 0 bridgehead atoms. The molecule has 0 radical (unpaired) electrons. The number of fused-ring (bicyclic) bond motifs is 1. The van der Waals surface area contributed by atoms with E-state index in [0.29, 0.717) is 5.56 Å². The highest BCUT2D eigenvalue weighted by atomic mass is 16.5. The minimum atomic E-state index is -0.918. The van der Waals surface area contributed by atoms with E-state index in [-0.39, 0.29) is 17.0 Å². The zero-order valence-corrected chi connectivity index (χ0v) is 16.5. The fourth-order valence-corrected chi connectivity index (χ4v) is 3.00. The van der Waals surface area contributed by atoms with Crippen molar-refractivity contribution in [3.05, 3.63) is 70.8 Å². The molecule has 7 nitrogen and oxygen atoms in total. The first-order chi connectivity index (χ1) is 13.8. The van der Waals surface area contributed by atoms with Crippen LogP contribution in [0.4, 0.5) is 0 Å². The Hall–Kier alpha value is -3.48. The lowest BCUT2D eigenvalue weighted by molar-refractivity contribution is -0.149. The van der Waals surface area contributed by atoms with Crippen LogP contribution in [0, 0.1) is 12.8 Å². The number of carbonyl (C=O) groups excluding carboxylic acids is 4. The summed E-state index contributed by atoms with van der Waals surface area (Å²) in [5.41, 5.74) is 2.00. The van der Waals surface area contributed by atoms with E-state index >= 15 is 0 Å². The maximum atomic E-state index is 12.6. The summed E-state index contributed by atoms with van der Waals surface area (Å²) in [5, 5.41) is 2.67. The lowest BCUT2D eigenvalue weighted by atomic mass is 10.0. The van der Waals surface area contributed by atoms with Crippen LogP contribution in [0.2, 0.25) is 0 Å². The summed E-state index contributed by atoms with van der Waals surface area (Å²) < 4.78 is 5.21. The molecule has 3 rings (SSSR count). The topological polar surface area (TPSA) is 92.8 Å². The predicted octanol–water partition coefficient (Wildman–Crippen LogP) is 2.55. The molecule has 0 fully saturated rings. The molecular formula is C22H22N2O5. The number of ether oxygens (including phenoxy) is 1. The van der Waals surface area contributed by atoms with Crippen molar-refractivity contribution in [2.45, 2.75) is 26.8 Å². The standard InChI is InChI=1S/C22H22N2O5/c1-13(2)18(23-19(25)15-10-8-14(3)9-11-15)22(28)29-12-24-20(26)16-6-4-5-7-17(16)21(24)27/h4-11,13,18H,12H2,1-3H3,(H,23,25). The van der Waals surface area contributed by atoms with Crippen molar-refractivity contribution < 1.29 is 23.9 Å². The first-order valence-electron chi connectivity index (χ1n) is 9.29. The van der Waals surface area contributed by atoms with Crippen molar-refractivity contribution in [3.63, 3.8) is 0 Å². The molecular weight excluding hydrogens is 372 g/mol. The number of aryl methyl sites for hydroxylation is 1. The van der Waals surface area contributed by atoms with Crippen molar-refractivity contribution in [2.24, 2.45) is 5.92 Å². The number of esters is 1. The Balaban J connectivity index is 1.65. The van der Waals surface area contributed by atoms with Gasteiger partial charge in [0.15, 0.2) is 6.73 Å². The molecule has 1 unspecified atom stereocenters. The number of amides is 3. The van der Waals surface area contributed by atoms with Gasteiger partial charge in [-0.05, 0) is 37.1 Å². The lowest BCUT2D eigenvalue weighted by Crippen LogP contribution is -2.46. The summed E-state index contributed by atoms with van der Waals surface area (Å²) in [6.45, 7) is 4.94. The summed E-state index contributed by atoms with van der Waals surface area (Å²) in [6, 6.07) is 12.5. The highest BCUT2D eigenvalue weighted by Crippen LogP contribution is 2.22. The van der Waals surface area contributed by atoms with Crippen LogP contribution in [0.3, 0.4) is 0 Å². The molecule has 0 spiro atoms. The summed E-state index contributed by atoms with van der Waals surface area (Å²) in [6.07, 6.45) is 0. The van der Waals surface area contributed by atoms with E-state index in [2.05, 4.69) is 5.32 Å². The van der Waals surface area contributed by atoms with Gasteiger partial charge in [0.05, 0.1) is 11.1 Å². The van der Waals surface area contributed by atoms with Gasteiger partial charge in [-0.15, -0.1) is 0 Å². The van der Waals surface area contributed by atoms with E-state index in [9.17, 15) is 19.2 Å². The normalized spacial score (nSPS) is 14.0. The van der Waals surface area contributed by atoms with Gasteiger partial charge in [0.1, 0.15) is 6.04 Å². The molecule has 0 saturated carbocycles. The predicted molar refractivity (Wildman–Crippen MR) is 105 cm³/mol. The third-order valence-corrected chi connectivity index (χ3v) is 4.74. The number of carbonyl (C=O) groups is 4. The van der Waals surface area contributed by atoms with E-state index in [1.165, 1.54) is 0 Å². The van der Waals surface area contributed by atoms with Crippen molar-refractivity contribution in [1.82, 2.24) is 10.2 Å². The second-order valence-corrected chi connectivity index (χ2v) is 7.24. The lowest BCUT2D eigenvalue weighted by Gasteiger charge is -2.22. The summed E-state index contributed by atoms with van der Waals surface area (Å²) in [5.74, 6) is -2.39. The minimum absolute atomic E-state index is 0.251. The average Bonchev–Trinajstić information content (AvgIpc) is 2.95. The Morgan fingerprint density at radius 1 is 0.966 bits per heavy atom. The SMILES string of the molecule is Cc1ccc(C(=O)NC(C(=O)OCN2C(=O)c3ccccc3C2=O)C(C)C)cc1. The molecule has 0 aromatic heterocycles. The van der Waals surface area contributed by atoms with Crippen LogP contribution < -0.4 is 5.32 Å². The fourth-order valence-electron chi connectivity index (χ4n) is 3.00. The van der Waals surface area contributed by atoms with Crippen LogP contribution >= 0.6 is 0 Å². The number of hydrogen-bond donors (Lipinski definition) is 1. The third kappa shape index (κ3) is 4.18. The minimum Gasteiger partial charge on any atom is -0.442 e. The highest BCUT2D eigenvalue weighted by Gasteiger charge is 2.36. The van der Waals surface area contributed by atoms with Gasteiger partial charge < -0.3 is 10.1 Å². The van der Waals surface area contributed by atoms with E-state index in [4.69, 9.17) is 4.74 Å². The number of benzene rings is 2. The van der Waals surface area contributed by atoms with Gasteiger partial charge in [0.2, 0.25) is 0 Å². The smallest absolute Gasteiger partial charge is 0.330 e. The monoisotopic (exact) mass is 394 g/mol. The second-order valence-electron chi connectivity index (χ2n) is 7.24. The zero-order chi connectivity index (χ0) is 21.1. The summed E-state index contributed by atoms with van der Waals surface area (Å²) in [4.78, 5) is 50.6. The van der Waals surface area contributed by atoms with Crippen LogP contribution in [0.1, 0.15) is 50.5 Å². The number of hydrogen-bond acceptors (Lipinski definition) is 5. The van der Waals surface area contributed by atoms with Gasteiger partial charge >= 0.3 is 5.97 Å². The molecule has 0 aliphatic carbocycles. The van der Waals surface area contributed by atoms with Crippen LogP contribution in [0.15, 0.2) is 48.5 Å². The van der Waals surface area contributed by atoms with Crippen molar-refractivity contribution in [3.8, 4) is 0 Å². The Labute approximate surface area is 168 Å². The molecule has 2 aromatic carbocycles. The molecule has 1 heterocycles. The van der Waals surface area contributed by atoms with Crippen LogP contribution in [0.5, 0.6) is 0 Å². The van der Waals surface area contributed by atoms with E-state index in [1.807, 2.05) is 6.92 Å². The summed E-state index contributed by atoms with van der Waals surface area (Å²) >= 11 is 0. The maximum absolute atomic E-state index is 12.6. The van der Waals surface area contributed by atoms with Crippen molar-refractivity contribution in [2.75, 3.05) is 6.73 Å². The molecule has 2 aromatic rings. The second kappa shape index (κ2) is 8.26. The van der Waals surface area contributed by atoms with E-state index < -0.39 is 36.5 Å². The Morgan fingerprint density at radius 3 is 2.03 bits per heavy atom. The molecule has 3 amide bonds. The molecule has 150 valence electrons.